The van der Waals surface area contributed by atoms with E-state index < -0.39 is 11.9 Å². The molecule has 0 rings (SSSR count). The van der Waals surface area contributed by atoms with Gasteiger partial charge in [0.1, 0.15) is 17.5 Å². The van der Waals surface area contributed by atoms with Gasteiger partial charge in [0.05, 0.1) is 6.61 Å². The Labute approximate surface area is 96.4 Å². The quantitative estimate of drug-likeness (QED) is 0.492. The van der Waals surface area contributed by atoms with Crippen molar-refractivity contribution in [2.24, 2.45) is 11.8 Å². The maximum Gasteiger partial charge on any atom is 0.316 e. The van der Waals surface area contributed by atoms with Gasteiger partial charge in [-0.1, -0.05) is 13.8 Å². The molecule has 0 amide bonds. The second-order valence-corrected chi connectivity index (χ2v) is 3.90. The van der Waals surface area contributed by atoms with E-state index in [1.165, 1.54) is 6.92 Å². The SMILES string of the molecule is CCOC(=O)C(CC(=O)C(C)CC)C(C)=O. The number of rotatable bonds is 7. The Morgan fingerprint density at radius 1 is 1.19 bits per heavy atom. The lowest BCUT2D eigenvalue weighted by atomic mass is 9.92. The topological polar surface area (TPSA) is 60.4 Å². The molecule has 0 fully saturated rings. The van der Waals surface area contributed by atoms with Crippen molar-refractivity contribution in [1.29, 1.82) is 0 Å². The third-order valence-electron chi connectivity index (χ3n) is 2.63. The Morgan fingerprint density at radius 2 is 1.75 bits per heavy atom. The molecular formula is C12H20O4. The van der Waals surface area contributed by atoms with Crippen LogP contribution in [-0.2, 0) is 19.1 Å². The van der Waals surface area contributed by atoms with E-state index in [-0.39, 0.29) is 30.5 Å². The number of carbonyl (C=O) groups is 3. The summed E-state index contributed by atoms with van der Waals surface area (Å²) in [6.07, 6.45) is 0.676. The molecule has 0 saturated heterocycles. The smallest absolute Gasteiger partial charge is 0.316 e. The molecule has 0 radical (unpaired) electrons. The van der Waals surface area contributed by atoms with Gasteiger partial charge in [-0.15, -0.1) is 0 Å². The summed E-state index contributed by atoms with van der Waals surface area (Å²) in [6, 6.07) is 0. The summed E-state index contributed by atoms with van der Waals surface area (Å²) < 4.78 is 4.77. The van der Waals surface area contributed by atoms with Crippen molar-refractivity contribution in [1.82, 2.24) is 0 Å². The molecule has 0 bridgehead atoms. The summed E-state index contributed by atoms with van der Waals surface area (Å²) in [4.78, 5) is 34.3. The Kier molecular flexibility index (Phi) is 6.61. The number of ketones is 2. The van der Waals surface area contributed by atoms with Gasteiger partial charge in [-0.2, -0.15) is 0 Å². The third-order valence-corrected chi connectivity index (χ3v) is 2.63. The predicted octanol–water partition coefficient (Wildman–Crippen LogP) is 1.76. The van der Waals surface area contributed by atoms with Gasteiger partial charge in [-0.25, -0.2) is 0 Å². The average molecular weight is 228 g/mol. The van der Waals surface area contributed by atoms with Crippen molar-refractivity contribution >= 4 is 17.5 Å². The van der Waals surface area contributed by atoms with Crippen LogP contribution >= 0.6 is 0 Å². The maximum absolute atomic E-state index is 11.6. The van der Waals surface area contributed by atoms with Gasteiger partial charge in [0.25, 0.3) is 0 Å². The molecule has 0 heterocycles. The highest BCUT2D eigenvalue weighted by Gasteiger charge is 2.28. The number of esters is 1. The van der Waals surface area contributed by atoms with Crippen molar-refractivity contribution in [3.8, 4) is 0 Å². The fourth-order valence-electron chi connectivity index (χ4n) is 1.27. The monoisotopic (exact) mass is 228 g/mol. The first-order chi connectivity index (χ1) is 7.43. The van der Waals surface area contributed by atoms with Crippen molar-refractivity contribution in [2.45, 2.75) is 40.5 Å². The second kappa shape index (κ2) is 7.14. The van der Waals surface area contributed by atoms with Gasteiger partial charge in [0.15, 0.2) is 0 Å². The highest BCUT2D eigenvalue weighted by atomic mass is 16.5. The Morgan fingerprint density at radius 3 is 2.12 bits per heavy atom. The van der Waals surface area contributed by atoms with Crippen LogP contribution in [0.25, 0.3) is 0 Å². The molecule has 0 aliphatic heterocycles. The molecule has 92 valence electrons. The maximum atomic E-state index is 11.6. The molecule has 4 nitrogen and oxygen atoms in total. The number of Topliss-reactive ketones (excluding diaryl/α,β-unsaturated/α-hetero) is 2. The second-order valence-electron chi connectivity index (χ2n) is 3.90. The largest absolute Gasteiger partial charge is 0.465 e. The predicted molar refractivity (Wildman–Crippen MR) is 59.9 cm³/mol. The van der Waals surface area contributed by atoms with E-state index in [0.717, 1.165) is 0 Å². The zero-order valence-electron chi connectivity index (χ0n) is 10.4. The summed E-state index contributed by atoms with van der Waals surface area (Å²) in [5.74, 6) is -2.00. The average Bonchev–Trinajstić information content (AvgIpc) is 2.23. The van der Waals surface area contributed by atoms with Crippen molar-refractivity contribution < 1.29 is 19.1 Å². The number of hydrogen-bond donors (Lipinski definition) is 0. The minimum absolute atomic E-state index is 0.0385. The molecule has 2 atom stereocenters. The Balaban J connectivity index is 4.51. The first kappa shape index (κ1) is 14.8. The molecule has 2 unspecified atom stereocenters. The fraction of sp³-hybridized carbons (Fsp3) is 0.750. The first-order valence-electron chi connectivity index (χ1n) is 5.63. The van der Waals surface area contributed by atoms with Crippen molar-refractivity contribution in [3.63, 3.8) is 0 Å². The van der Waals surface area contributed by atoms with Crippen LogP contribution in [0.4, 0.5) is 0 Å². The van der Waals surface area contributed by atoms with Gasteiger partial charge in [-0.3, -0.25) is 14.4 Å². The Bertz CT molecular complexity index is 270. The summed E-state index contributed by atoms with van der Waals surface area (Å²) in [7, 11) is 0. The standard InChI is InChI=1S/C12H20O4/c1-5-8(3)11(14)7-10(9(4)13)12(15)16-6-2/h8,10H,5-7H2,1-4H3. The molecule has 0 aromatic carbocycles. The van der Waals surface area contributed by atoms with Crippen LogP contribution in [0.2, 0.25) is 0 Å². The molecular weight excluding hydrogens is 208 g/mol. The third kappa shape index (κ3) is 4.55. The number of ether oxygens (including phenoxy) is 1. The van der Waals surface area contributed by atoms with Crippen LogP contribution in [-0.4, -0.2) is 24.1 Å². The van der Waals surface area contributed by atoms with Gasteiger partial charge in [-0.05, 0) is 20.3 Å². The fourth-order valence-corrected chi connectivity index (χ4v) is 1.27. The molecule has 0 aliphatic carbocycles. The molecule has 0 N–H and O–H groups in total. The van der Waals surface area contributed by atoms with E-state index in [2.05, 4.69) is 0 Å². The normalized spacial score (nSPS) is 14.0. The van der Waals surface area contributed by atoms with Crippen molar-refractivity contribution in [3.05, 3.63) is 0 Å². The molecule has 0 spiro atoms. The van der Waals surface area contributed by atoms with E-state index in [1.54, 1.807) is 13.8 Å². The number of carbonyl (C=O) groups excluding carboxylic acids is 3. The molecule has 0 aromatic rings. The van der Waals surface area contributed by atoms with Crippen LogP contribution < -0.4 is 0 Å². The number of hydrogen-bond acceptors (Lipinski definition) is 4. The molecule has 16 heavy (non-hydrogen) atoms. The van der Waals surface area contributed by atoms with Crippen LogP contribution in [0.3, 0.4) is 0 Å². The van der Waals surface area contributed by atoms with Gasteiger partial charge in [0.2, 0.25) is 0 Å². The van der Waals surface area contributed by atoms with Crippen LogP contribution in [0, 0.1) is 11.8 Å². The highest BCUT2D eigenvalue weighted by molar-refractivity contribution is 6.01. The lowest BCUT2D eigenvalue weighted by molar-refractivity contribution is -0.153. The lowest BCUT2D eigenvalue weighted by Crippen LogP contribution is -2.28. The van der Waals surface area contributed by atoms with Crippen molar-refractivity contribution in [2.75, 3.05) is 6.61 Å². The first-order valence-corrected chi connectivity index (χ1v) is 5.63. The highest BCUT2D eigenvalue weighted by Crippen LogP contribution is 2.14. The lowest BCUT2D eigenvalue weighted by Gasteiger charge is -2.14. The van der Waals surface area contributed by atoms with Gasteiger partial charge >= 0.3 is 5.97 Å². The minimum atomic E-state index is -0.929. The molecule has 0 aromatic heterocycles. The zero-order chi connectivity index (χ0) is 12.7. The van der Waals surface area contributed by atoms with E-state index in [4.69, 9.17) is 4.74 Å². The Hall–Kier alpha value is -1.19. The van der Waals surface area contributed by atoms with Gasteiger partial charge < -0.3 is 4.74 Å². The zero-order valence-corrected chi connectivity index (χ0v) is 10.4. The van der Waals surface area contributed by atoms with E-state index >= 15 is 0 Å². The molecule has 4 heteroatoms. The van der Waals surface area contributed by atoms with Gasteiger partial charge in [0, 0.05) is 12.3 Å². The van der Waals surface area contributed by atoms with Crippen LogP contribution in [0.15, 0.2) is 0 Å². The summed E-state index contributed by atoms with van der Waals surface area (Å²) >= 11 is 0. The van der Waals surface area contributed by atoms with Crippen LogP contribution in [0.5, 0.6) is 0 Å². The van der Waals surface area contributed by atoms with E-state index in [1.807, 2.05) is 6.92 Å². The minimum Gasteiger partial charge on any atom is -0.465 e. The molecule has 0 aliphatic rings. The summed E-state index contributed by atoms with van der Waals surface area (Å²) in [5, 5.41) is 0. The summed E-state index contributed by atoms with van der Waals surface area (Å²) in [5.41, 5.74) is 0. The molecule has 0 saturated carbocycles. The van der Waals surface area contributed by atoms with E-state index in [0.29, 0.717) is 6.42 Å². The van der Waals surface area contributed by atoms with Crippen LogP contribution in [0.1, 0.15) is 40.5 Å². The summed E-state index contributed by atoms with van der Waals surface area (Å²) in [6.45, 7) is 6.90. The van der Waals surface area contributed by atoms with E-state index in [9.17, 15) is 14.4 Å².